The van der Waals surface area contributed by atoms with E-state index in [1.54, 1.807) is 37.6 Å². The maximum Gasteiger partial charge on any atom is 0.201 e. The summed E-state index contributed by atoms with van der Waals surface area (Å²) in [5.74, 6) is 0.417. The molecule has 0 aromatic heterocycles. The predicted octanol–water partition coefficient (Wildman–Crippen LogP) is 1.56. The largest absolute Gasteiger partial charge is 0.497 e. The maximum atomic E-state index is 11.5. The fourth-order valence-electron chi connectivity index (χ4n) is 1.00. The molecule has 3 nitrogen and oxygen atoms in total. The number of carbonyl (C=O) groups is 1. The lowest BCUT2D eigenvalue weighted by Crippen LogP contribution is -2.15. The minimum atomic E-state index is -0.983. The van der Waals surface area contributed by atoms with Crippen LogP contribution < -0.4 is 4.74 Å². The highest BCUT2D eigenvalue weighted by atomic mass is 32.2. The Hall–Kier alpha value is -1.00. The van der Waals surface area contributed by atoms with Gasteiger partial charge in [0.25, 0.3) is 0 Å². The smallest absolute Gasteiger partial charge is 0.201 e. The van der Waals surface area contributed by atoms with Gasteiger partial charge < -0.3 is 9.84 Å². The molecular weight excluding hydrogens is 200 g/mol. The van der Waals surface area contributed by atoms with E-state index in [4.69, 9.17) is 4.74 Å². The van der Waals surface area contributed by atoms with Crippen LogP contribution >= 0.6 is 11.8 Å². The number of aliphatic hydroxyl groups excluding tert-OH is 1. The van der Waals surface area contributed by atoms with Crippen molar-refractivity contribution in [2.45, 2.75) is 5.44 Å². The molecule has 1 atom stereocenters. The molecule has 1 rings (SSSR count). The van der Waals surface area contributed by atoms with Crippen LogP contribution in [0.1, 0.15) is 10.4 Å². The highest BCUT2D eigenvalue weighted by molar-refractivity contribution is 7.99. The third-order valence-electron chi connectivity index (χ3n) is 1.82. The highest BCUT2D eigenvalue weighted by Gasteiger charge is 2.15. The Kier molecular flexibility index (Phi) is 3.98. The molecule has 0 aliphatic rings. The number of rotatable bonds is 4. The molecule has 0 aliphatic carbocycles. The molecule has 0 fully saturated rings. The van der Waals surface area contributed by atoms with Gasteiger partial charge in [-0.3, -0.25) is 4.79 Å². The molecule has 1 N–H and O–H groups in total. The van der Waals surface area contributed by atoms with Crippen LogP contribution in [0.15, 0.2) is 24.3 Å². The first-order valence-electron chi connectivity index (χ1n) is 4.08. The van der Waals surface area contributed by atoms with Crippen LogP contribution in [0.3, 0.4) is 0 Å². The number of hydrogen-bond donors (Lipinski definition) is 1. The molecule has 0 bridgehead atoms. The van der Waals surface area contributed by atoms with Crippen molar-refractivity contribution in [1.29, 1.82) is 0 Å². The summed E-state index contributed by atoms with van der Waals surface area (Å²) in [4.78, 5) is 11.5. The molecule has 1 unspecified atom stereocenters. The lowest BCUT2D eigenvalue weighted by atomic mass is 10.1. The fraction of sp³-hybridized carbons (Fsp3) is 0.300. The molecule has 1 aromatic rings. The number of aliphatic hydroxyl groups is 1. The van der Waals surface area contributed by atoms with Crippen LogP contribution in [-0.2, 0) is 0 Å². The van der Waals surface area contributed by atoms with E-state index >= 15 is 0 Å². The van der Waals surface area contributed by atoms with Crippen molar-refractivity contribution in [3.05, 3.63) is 29.8 Å². The number of hydrogen-bond acceptors (Lipinski definition) is 4. The van der Waals surface area contributed by atoms with E-state index < -0.39 is 5.44 Å². The van der Waals surface area contributed by atoms with Crippen LogP contribution in [-0.4, -0.2) is 29.7 Å². The van der Waals surface area contributed by atoms with Gasteiger partial charge in [-0.2, -0.15) is 0 Å². The zero-order valence-corrected chi connectivity index (χ0v) is 8.88. The van der Waals surface area contributed by atoms with Crippen LogP contribution in [0, 0.1) is 0 Å². The number of carbonyl (C=O) groups excluding carboxylic acids is 1. The Balaban J connectivity index is 2.81. The topological polar surface area (TPSA) is 46.5 Å². The minimum absolute atomic E-state index is 0.278. The van der Waals surface area contributed by atoms with Gasteiger partial charge in [0.05, 0.1) is 7.11 Å². The van der Waals surface area contributed by atoms with E-state index in [1.807, 2.05) is 0 Å². The van der Waals surface area contributed by atoms with E-state index in [-0.39, 0.29) is 5.78 Å². The second-order valence-corrected chi connectivity index (χ2v) is 3.60. The van der Waals surface area contributed by atoms with Crippen molar-refractivity contribution in [1.82, 2.24) is 0 Å². The van der Waals surface area contributed by atoms with Gasteiger partial charge in [0.15, 0.2) is 5.44 Å². The number of ketones is 1. The SMILES string of the molecule is COc1ccc(C(=O)C(O)SC)cc1. The first-order valence-corrected chi connectivity index (χ1v) is 5.37. The summed E-state index contributed by atoms with van der Waals surface area (Å²) in [6, 6.07) is 6.67. The molecule has 4 heteroatoms. The van der Waals surface area contributed by atoms with E-state index in [9.17, 15) is 9.90 Å². The first-order chi connectivity index (χ1) is 6.69. The second-order valence-electron chi connectivity index (χ2n) is 2.68. The van der Waals surface area contributed by atoms with Gasteiger partial charge in [-0.15, -0.1) is 11.8 Å². The van der Waals surface area contributed by atoms with Gasteiger partial charge in [-0.1, -0.05) is 0 Å². The minimum Gasteiger partial charge on any atom is -0.497 e. The molecule has 14 heavy (non-hydrogen) atoms. The van der Waals surface area contributed by atoms with Crippen molar-refractivity contribution in [2.75, 3.05) is 13.4 Å². The van der Waals surface area contributed by atoms with E-state index in [0.717, 1.165) is 11.8 Å². The van der Waals surface area contributed by atoms with Gasteiger partial charge in [0.2, 0.25) is 5.78 Å². The van der Waals surface area contributed by atoms with Crippen molar-refractivity contribution in [3.63, 3.8) is 0 Å². The summed E-state index contributed by atoms with van der Waals surface area (Å²) in [6.45, 7) is 0. The van der Waals surface area contributed by atoms with Gasteiger partial charge >= 0.3 is 0 Å². The number of methoxy groups -OCH3 is 1. The molecule has 0 amide bonds. The molecular formula is C10H12O3S. The summed E-state index contributed by atoms with van der Waals surface area (Å²) in [6.07, 6.45) is 1.69. The van der Waals surface area contributed by atoms with Gasteiger partial charge in [-0.05, 0) is 30.5 Å². The number of Topliss-reactive ketones (excluding diaryl/α,β-unsaturated/α-hetero) is 1. The van der Waals surface area contributed by atoms with Crippen molar-refractivity contribution >= 4 is 17.5 Å². The zero-order valence-electron chi connectivity index (χ0n) is 8.06. The molecule has 0 saturated heterocycles. The molecule has 0 heterocycles. The van der Waals surface area contributed by atoms with Crippen molar-refractivity contribution < 1.29 is 14.6 Å². The Morgan fingerprint density at radius 1 is 1.43 bits per heavy atom. The summed E-state index contributed by atoms with van der Waals surface area (Å²) in [7, 11) is 1.56. The summed E-state index contributed by atoms with van der Waals surface area (Å²) >= 11 is 1.11. The Labute approximate surface area is 87.1 Å². The van der Waals surface area contributed by atoms with Crippen LogP contribution in [0.25, 0.3) is 0 Å². The average molecular weight is 212 g/mol. The second kappa shape index (κ2) is 5.02. The third-order valence-corrected chi connectivity index (χ3v) is 2.48. The molecule has 0 spiro atoms. The van der Waals surface area contributed by atoms with E-state index in [2.05, 4.69) is 0 Å². The van der Waals surface area contributed by atoms with Crippen molar-refractivity contribution in [2.24, 2.45) is 0 Å². The Bertz CT molecular complexity index is 308. The average Bonchev–Trinajstić information content (AvgIpc) is 2.27. The van der Waals surface area contributed by atoms with Crippen LogP contribution in [0.4, 0.5) is 0 Å². The molecule has 0 saturated carbocycles. The molecule has 0 aliphatic heterocycles. The van der Waals surface area contributed by atoms with Gasteiger partial charge in [-0.25, -0.2) is 0 Å². The van der Waals surface area contributed by atoms with E-state index in [0.29, 0.717) is 11.3 Å². The number of thioether (sulfide) groups is 1. The monoisotopic (exact) mass is 212 g/mol. The maximum absolute atomic E-state index is 11.5. The van der Waals surface area contributed by atoms with Gasteiger partial charge in [0.1, 0.15) is 5.75 Å². The standard InChI is InChI=1S/C10H12O3S/c1-13-8-5-3-7(4-6-8)9(11)10(12)14-2/h3-6,10,12H,1-2H3. The summed E-state index contributed by atoms with van der Waals surface area (Å²) < 4.78 is 4.96. The lowest BCUT2D eigenvalue weighted by molar-refractivity contribution is 0.0869. The van der Waals surface area contributed by atoms with Crippen molar-refractivity contribution in [3.8, 4) is 5.75 Å². The molecule has 1 aromatic carbocycles. The Morgan fingerprint density at radius 3 is 2.43 bits per heavy atom. The number of ether oxygens (including phenoxy) is 1. The van der Waals surface area contributed by atoms with Crippen LogP contribution in [0.5, 0.6) is 5.75 Å². The quantitative estimate of drug-likeness (QED) is 0.607. The Morgan fingerprint density at radius 2 is 2.00 bits per heavy atom. The number of benzene rings is 1. The third kappa shape index (κ3) is 2.49. The summed E-state index contributed by atoms with van der Waals surface area (Å²) in [5.41, 5.74) is -0.490. The predicted molar refractivity (Wildman–Crippen MR) is 56.8 cm³/mol. The summed E-state index contributed by atoms with van der Waals surface area (Å²) in [5, 5.41) is 9.29. The fourth-order valence-corrected chi connectivity index (χ4v) is 1.36. The molecule has 0 radical (unpaired) electrons. The normalized spacial score (nSPS) is 12.2. The van der Waals surface area contributed by atoms with Crippen LogP contribution in [0.2, 0.25) is 0 Å². The highest BCUT2D eigenvalue weighted by Crippen LogP contribution is 2.15. The zero-order chi connectivity index (χ0) is 10.6. The lowest BCUT2D eigenvalue weighted by Gasteiger charge is -2.06. The van der Waals surface area contributed by atoms with Gasteiger partial charge in [0, 0.05) is 5.56 Å². The first kappa shape index (κ1) is 11.1. The van der Waals surface area contributed by atoms with E-state index in [1.165, 1.54) is 0 Å². The molecule has 76 valence electrons.